The molecular formula is C12H19N3O4S. The molecule has 1 rings (SSSR count). The lowest BCUT2D eigenvalue weighted by atomic mass is 10.2. The number of sulfonamides is 1. The van der Waals surface area contributed by atoms with Crippen LogP contribution in [0.15, 0.2) is 23.1 Å². The number of anilines is 1. The zero-order valence-corrected chi connectivity index (χ0v) is 12.4. The van der Waals surface area contributed by atoms with Crippen LogP contribution >= 0.6 is 0 Å². The van der Waals surface area contributed by atoms with E-state index < -0.39 is 20.6 Å². The highest BCUT2D eigenvalue weighted by atomic mass is 32.2. The summed E-state index contributed by atoms with van der Waals surface area (Å²) in [6.07, 6.45) is 1.48. The summed E-state index contributed by atoms with van der Waals surface area (Å²) in [5.41, 5.74) is 0.114. The van der Waals surface area contributed by atoms with Crippen LogP contribution in [0.3, 0.4) is 0 Å². The molecule has 0 aliphatic rings. The van der Waals surface area contributed by atoms with Crippen LogP contribution in [0.4, 0.5) is 11.4 Å². The molecule has 0 aliphatic heterocycles. The van der Waals surface area contributed by atoms with Crippen LogP contribution in [0.2, 0.25) is 0 Å². The van der Waals surface area contributed by atoms with Crippen molar-refractivity contribution in [2.24, 2.45) is 0 Å². The topological polar surface area (TPSA) is 101 Å². The third-order valence-corrected chi connectivity index (χ3v) is 4.07. The maximum absolute atomic E-state index is 12.0. The third-order valence-electron chi connectivity index (χ3n) is 2.57. The van der Waals surface area contributed by atoms with Crippen LogP contribution in [0, 0.1) is 10.1 Å². The monoisotopic (exact) mass is 301 g/mol. The third kappa shape index (κ3) is 4.17. The van der Waals surface area contributed by atoms with E-state index in [1.165, 1.54) is 18.2 Å². The van der Waals surface area contributed by atoms with Gasteiger partial charge in [-0.05, 0) is 25.0 Å². The summed E-state index contributed by atoms with van der Waals surface area (Å²) in [5, 5.41) is 14.0. The molecule has 1 aromatic rings. The fourth-order valence-corrected chi connectivity index (χ4v) is 2.87. The summed E-state index contributed by atoms with van der Waals surface area (Å²) in [6, 6.07) is 4.04. The van der Waals surface area contributed by atoms with Crippen molar-refractivity contribution in [2.75, 3.05) is 18.4 Å². The summed E-state index contributed by atoms with van der Waals surface area (Å²) in [6.45, 7) is 4.69. The Bertz CT molecular complexity index is 572. The number of nitrogens with zero attached hydrogens (tertiary/aromatic N) is 1. The Morgan fingerprint density at radius 3 is 2.40 bits per heavy atom. The Hall–Kier alpha value is -1.67. The van der Waals surface area contributed by atoms with Crippen LogP contribution in [0.5, 0.6) is 0 Å². The first-order chi connectivity index (χ1) is 9.42. The van der Waals surface area contributed by atoms with Crippen LogP contribution < -0.4 is 10.0 Å². The average molecular weight is 301 g/mol. The van der Waals surface area contributed by atoms with Crippen LogP contribution in [0.1, 0.15) is 26.7 Å². The van der Waals surface area contributed by atoms with Crippen molar-refractivity contribution in [1.29, 1.82) is 0 Å². The molecule has 0 radical (unpaired) electrons. The highest BCUT2D eigenvalue weighted by Crippen LogP contribution is 2.27. The minimum absolute atomic E-state index is 0.245. The highest BCUT2D eigenvalue weighted by molar-refractivity contribution is 7.89. The van der Waals surface area contributed by atoms with Gasteiger partial charge in [0.25, 0.3) is 5.69 Å². The van der Waals surface area contributed by atoms with E-state index in [4.69, 9.17) is 0 Å². The van der Waals surface area contributed by atoms with Gasteiger partial charge in [0.15, 0.2) is 4.90 Å². The molecule has 0 fully saturated rings. The number of nitrogens with one attached hydrogen (secondary N) is 2. The molecule has 7 nitrogen and oxygen atoms in total. The predicted octanol–water partition coefficient (Wildman–Crippen LogP) is 2.10. The van der Waals surface area contributed by atoms with Gasteiger partial charge in [0.2, 0.25) is 10.0 Å². The van der Waals surface area contributed by atoms with Crippen LogP contribution in [0.25, 0.3) is 0 Å². The standard InChI is InChI=1S/C12H19N3O4S/c1-3-7-13-10-5-6-12(11(9-10)15(16)17)20(18,19)14-8-4-2/h5-6,9,13-14H,3-4,7-8H2,1-2H3. The summed E-state index contributed by atoms with van der Waals surface area (Å²) in [7, 11) is -3.85. The minimum atomic E-state index is -3.85. The van der Waals surface area contributed by atoms with Gasteiger partial charge >= 0.3 is 0 Å². The normalized spacial score (nSPS) is 11.3. The molecule has 0 atom stereocenters. The van der Waals surface area contributed by atoms with Crippen molar-refractivity contribution in [3.63, 3.8) is 0 Å². The SMILES string of the molecule is CCCNc1ccc(S(=O)(=O)NCCC)c([N+](=O)[O-])c1. The second-order valence-electron chi connectivity index (χ2n) is 4.26. The maximum atomic E-state index is 12.0. The zero-order chi connectivity index (χ0) is 15.2. The Morgan fingerprint density at radius 1 is 1.20 bits per heavy atom. The van der Waals surface area contributed by atoms with Gasteiger partial charge in [-0.15, -0.1) is 0 Å². The summed E-state index contributed by atoms with van der Waals surface area (Å²) < 4.78 is 26.3. The van der Waals surface area contributed by atoms with Gasteiger partial charge in [-0.1, -0.05) is 13.8 Å². The average Bonchev–Trinajstić information content (AvgIpc) is 2.42. The molecule has 0 aromatic heterocycles. The first-order valence-electron chi connectivity index (χ1n) is 6.44. The van der Waals surface area contributed by atoms with Gasteiger partial charge in [-0.25, -0.2) is 13.1 Å². The molecule has 0 saturated carbocycles. The van der Waals surface area contributed by atoms with Crippen molar-refractivity contribution in [2.45, 2.75) is 31.6 Å². The fourth-order valence-electron chi connectivity index (χ4n) is 1.58. The van der Waals surface area contributed by atoms with Crippen LogP contribution in [-0.4, -0.2) is 26.4 Å². The van der Waals surface area contributed by atoms with E-state index in [1.54, 1.807) is 0 Å². The largest absolute Gasteiger partial charge is 0.385 e. The summed E-state index contributed by atoms with van der Waals surface area (Å²) >= 11 is 0. The lowest BCUT2D eigenvalue weighted by molar-refractivity contribution is -0.387. The van der Waals surface area contributed by atoms with Crippen molar-refractivity contribution < 1.29 is 13.3 Å². The smallest absolute Gasteiger partial charge is 0.291 e. The van der Waals surface area contributed by atoms with Gasteiger partial charge in [0.05, 0.1) is 4.92 Å². The number of nitro groups is 1. The molecule has 112 valence electrons. The Balaban J connectivity index is 3.16. The van der Waals surface area contributed by atoms with Crippen molar-refractivity contribution in [1.82, 2.24) is 4.72 Å². The van der Waals surface area contributed by atoms with E-state index in [2.05, 4.69) is 10.0 Å². The molecule has 0 amide bonds. The summed E-state index contributed by atoms with van der Waals surface area (Å²) in [4.78, 5) is 10.1. The molecule has 1 aromatic carbocycles. The molecule has 0 saturated heterocycles. The molecule has 8 heteroatoms. The maximum Gasteiger partial charge on any atom is 0.291 e. The van der Waals surface area contributed by atoms with E-state index in [-0.39, 0.29) is 11.4 Å². The highest BCUT2D eigenvalue weighted by Gasteiger charge is 2.25. The second-order valence-corrected chi connectivity index (χ2v) is 6.00. The van der Waals surface area contributed by atoms with Crippen molar-refractivity contribution >= 4 is 21.4 Å². The number of hydrogen-bond donors (Lipinski definition) is 2. The van der Waals surface area contributed by atoms with Crippen molar-refractivity contribution in [3.05, 3.63) is 28.3 Å². The molecule has 0 spiro atoms. The van der Waals surface area contributed by atoms with Crippen LogP contribution in [-0.2, 0) is 10.0 Å². The quantitative estimate of drug-likeness (QED) is 0.565. The Kier molecular flexibility index (Phi) is 5.90. The first-order valence-corrected chi connectivity index (χ1v) is 7.92. The molecule has 2 N–H and O–H groups in total. The van der Waals surface area contributed by atoms with Gasteiger partial charge in [0, 0.05) is 24.8 Å². The number of benzene rings is 1. The van der Waals surface area contributed by atoms with E-state index in [1.807, 2.05) is 13.8 Å². The van der Waals surface area contributed by atoms with Crippen molar-refractivity contribution in [3.8, 4) is 0 Å². The molecule has 0 unspecified atom stereocenters. The second kappa shape index (κ2) is 7.20. The van der Waals surface area contributed by atoms with Gasteiger partial charge in [-0.2, -0.15) is 0 Å². The minimum Gasteiger partial charge on any atom is -0.385 e. The van der Waals surface area contributed by atoms with E-state index in [9.17, 15) is 18.5 Å². The fraction of sp³-hybridized carbons (Fsp3) is 0.500. The molecule has 0 aliphatic carbocycles. The van der Waals surface area contributed by atoms with E-state index in [0.29, 0.717) is 18.7 Å². The predicted molar refractivity (Wildman–Crippen MR) is 77.4 cm³/mol. The first kappa shape index (κ1) is 16.4. The lowest BCUT2D eigenvalue weighted by Crippen LogP contribution is -2.25. The molecular weight excluding hydrogens is 282 g/mol. The lowest BCUT2D eigenvalue weighted by Gasteiger charge is -2.09. The molecule has 0 heterocycles. The van der Waals surface area contributed by atoms with Gasteiger partial charge in [-0.3, -0.25) is 10.1 Å². The van der Waals surface area contributed by atoms with Gasteiger partial charge in [0.1, 0.15) is 0 Å². The van der Waals surface area contributed by atoms with E-state index in [0.717, 1.165) is 6.42 Å². The number of rotatable bonds is 8. The Labute approximate surface area is 118 Å². The summed E-state index contributed by atoms with van der Waals surface area (Å²) in [5.74, 6) is 0. The number of nitro benzene ring substituents is 1. The molecule has 20 heavy (non-hydrogen) atoms. The number of hydrogen-bond acceptors (Lipinski definition) is 5. The van der Waals surface area contributed by atoms with Gasteiger partial charge < -0.3 is 5.32 Å². The van der Waals surface area contributed by atoms with E-state index >= 15 is 0 Å². The molecule has 0 bridgehead atoms. The Morgan fingerprint density at radius 2 is 1.85 bits per heavy atom. The zero-order valence-electron chi connectivity index (χ0n) is 11.5.